The molecule has 1 unspecified atom stereocenters. The molecule has 0 heterocycles. The van der Waals surface area contributed by atoms with Crippen LogP contribution < -0.4 is 0 Å². The summed E-state index contributed by atoms with van der Waals surface area (Å²) in [7, 11) is -1.41. The van der Waals surface area contributed by atoms with Gasteiger partial charge >= 0.3 is 9.28 Å². The van der Waals surface area contributed by atoms with Crippen molar-refractivity contribution in [1.29, 1.82) is 0 Å². The van der Waals surface area contributed by atoms with Gasteiger partial charge in [0.15, 0.2) is 0 Å². The van der Waals surface area contributed by atoms with Crippen molar-refractivity contribution in [2.24, 2.45) is 5.92 Å². The van der Waals surface area contributed by atoms with E-state index >= 15 is 0 Å². The Morgan fingerprint density at radius 3 is 1.69 bits per heavy atom. The fourth-order valence-corrected chi connectivity index (χ4v) is 3.86. The summed E-state index contributed by atoms with van der Waals surface area (Å²) < 4.78 is 11.4. The second kappa shape index (κ2) is 7.53. The fraction of sp³-hybridized carbons (Fsp3) is 1.00. The van der Waals surface area contributed by atoms with Crippen molar-refractivity contribution in [3.05, 3.63) is 0 Å². The predicted octanol–water partition coefficient (Wildman–Crippen LogP) is 2.72. The minimum Gasteiger partial charge on any atom is -0.397 e. The quantitative estimate of drug-likeness (QED) is 0.594. The summed E-state index contributed by atoms with van der Waals surface area (Å²) in [5.41, 5.74) is 0.653. The molecule has 0 saturated carbocycles. The molecule has 0 aliphatic heterocycles. The highest BCUT2D eigenvalue weighted by molar-refractivity contribution is 6.46. The molecule has 0 saturated heterocycles. The van der Waals surface area contributed by atoms with Gasteiger partial charge in [0.05, 0.1) is 0 Å². The van der Waals surface area contributed by atoms with Crippen LogP contribution >= 0.6 is 0 Å². The highest BCUT2D eigenvalue weighted by Gasteiger charge is 2.26. The standard InChI is InChI=1S/C10H24O2Si/c1-6-10(9(4)5)13(11-7-2)12-8-3/h9-10,13H,6-8H2,1-5H3. The lowest BCUT2D eigenvalue weighted by Gasteiger charge is -2.26. The van der Waals surface area contributed by atoms with E-state index in [2.05, 4.69) is 20.8 Å². The Bertz CT molecular complexity index is 111. The molecular formula is C10H24O2Si. The third-order valence-corrected chi connectivity index (χ3v) is 5.60. The van der Waals surface area contributed by atoms with Crippen LogP contribution in [0.3, 0.4) is 0 Å². The van der Waals surface area contributed by atoms with Gasteiger partial charge in [-0.05, 0) is 19.8 Å². The van der Waals surface area contributed by atoms with E-state index in [-0.39, 0.29) is 0 Å². The summed E-state index contributed by atoms with van der Waals surface area (Å²) >= 11 is 0. The zero-order chi connectivity index (χ0) is 10.3. The highest BCUT2D eigenvalue weighted by Crippen LogP contribution is 2.26. The SMILES string of the molecule is CCO[SiH](OCC)C(CC)C(C)C. The van der Waals surface area contributed by atoms with Gasteiger partial charge in [0.1, 0.15) is 0 Å². The zero-order valence-electron chi connectivity index (χ0n) is 9.67. The molecule has 0 rings (SSSR count). The minimum atomic E-state index is -1.41. The number of hydrogen-bond donors (Lipinski definition) is 0. The maximum atomic E-state index is 5.71. The maximum absolute atomic E-state index is 5.71. The van der Waals surface area contributed by atoms with E-state index in [1.165, 1.54) is 6.42 Å². The largest absolute Gasteiger partial charge is 0.397 e. The van der Waals surface area contributed by atoms with E-state index in [4.69, 9.17) is 8.85 Å². The van der Waals surface area contributed by atoms with Crippen molar-refractivity contribution in [2.45, 2.75) is 46.6 Å². The zero-order valence-corrected chi connectivity index (χ0v) is 10.8. The summed E-state index contributed by atoms with van der Waals surface area (Å²) in [6.07, 6.45) is 1.18. The van der Waals surface area contributed by atoms with Gasteiger partial charge in [0.2, 0.25) is 0 Å². The number of hydrogen-bond acceptors (Lipinski definition) is 2. The first-order valence-electron chi connectivity index (χ1n) is 5.40. The minimum absolute atomic E-state index is 0.653. The molecule has 0 spiro atoms. The third kappa shape index (κ3) is 4.79. The Labute approximate surface area is 84.5 Å². The van der Waals surface area contributed by atoms with Gasteiger partial charge in [-0.2, -0.15) is 0 Å². The van der Waals surface area contributed by atoms with E-state index in [0.717, 1.165) is 13.2 Å². The van der Waals surface area contributed by atoms with Crippen molar-refractivity contribution < 1.29 is 8.85 Å². The smallest absolute Gasteiger partial charge is 0.324 e. The molecule has 0 bridgehead atoms. The lowest BCUT2D eigenvalue weighted by Crippen LogP contribution is -2.31. The fourth-order valence-electron chi connectivity index (χ4n) is 1.60. The van der Waals surface area contributed by atoms with Crippen molar-refractivity contribution in [2.75, 3.05) is 13.2 Å². The molecule has 1 atom stereocenters. The van der Waals surface area contributed by atoms with E-state index in [1.54, 1.807) is 0 Å². The molecule has 0 aromatic heterocycles. The molecule has 13 heavy (non-hydrogen) atoms. The van der Waals surface area contributed by atoms with Crippen LogP contribution in [0.2, 0.25) is 5.54 Å². The topological polar surface area (TPSA) is 18.5 Å². The molecule has 0 N–H and O–H groups in total. The van der Waals surface area contributed by atoms with Gasteiger partial charge in [-0.3, -0.25) is 0 Å². The summed E-state index contributed by atoms with van der Waals surface area (Å²) in [6, 6.07) is 0. The van der Waals surface area contributed by atoms with Gasteiger partial charge in [0, 0.05) is 18.8 Å². The molecule has 2 nitrogen and oxygen atoms in total. The van der Waals surface area contributed by atoms with Crippen LogP contribution in [0, 0.1) is 5.92 Å². The van der Waals surface area contributed by atoms with E-state index in [9.17, 15) is 0 Å². The molecule has 0 fully saturated rings. The first-order valence-corrected chi connectivity index (χ1v) is 7.01. The summed E-state index contributed by atoms with van der Waals surface area (Å²) in [6.45, 7) is 12.4. The average Bonchev–Trinajstić information content (AvgIpc) is 2.05. The second-order valence-electron chi connectivity index (χ2n) is 3.60. The van der Waals surface area contributed by atoms with Crippen molar-refractivity contribution in [3.63, 3.8) is 0 Å². The van der Waals surface area contributed by atoms with Crippen LogP contribution in [0.5, 0.6) is 0 Å². The molecule has 0 aromatic rings. The Kier molecular flexibility index (Phi) is 7.61. The number of rotatable bonds is 7. The maximum Gasteiger partial charge on any atom is 0.324 e. The van der Waals surface area contributed by atoms with Gasteiger partial charge in [0.25, 0.3) is 0 Å². The molecule has 0 aliphatic carbocycles. The molecular weight excluding hydrogens is 180 g/mol. The van der Waals surface area contributed by atoms with Crippen molar-refractivity contribution in [3.8, 4) is 0 Å². The van der Waals surface area contributed by atoms with Gasteiger partial charge in [-0.1, -0.05) is 27.2 Å². The van der Waals surface area contributed by atoms with E-state index < -0.39 is 9.28 Å². The van der Waals surface area contributed by atoms with Gasteiger partial charge in [-0.15, -0.1) is 0 Å². The molecule has 0 amide bonds. The highest BCUT2D eigenvalue weighted by atomic mass is 28.3. The molecule has 80 valence electrons. The lowest BCUT2D eigenvalue weighted by molar-refractivity contribution is 0.195. The average molecular weight is 204 g/mol. The summed E-state index contributed by atoms with van der Waals surface area (Å²) in [5, 5.41) is 0. The van der Waals surface area contributed by atoms with Crippen LogP contribution in [0.4, 0.5) is 0 Å². The van der Waals surface area contributed by atoms with Crippen LogP contribution in [0.25, 0.3) is 0 Å². The Hall–Kier alpha value is 0.137. The lowest BCUT2D eigenvalue weighted by atomic mass is 10.1. The van der Waals surface area contributed by atoms with E-state index in [1.807, 2.05) is 13.8 Å². The van der Waals surface area contributed by atoms with Gasteiger partial charge < -0.3 is 8.85 Å². The van der Waals surface area contributed by atoms with Gasteiger partial charge in [-0.25, -0.2) is 0 Å². The molecule has 0 radical (unpaired) electrons. The summed E-state index contributed by atoms with van der Waals surface area (Å²) in [4.78, 5) is 0. The molecule has 3 heteroatoms. The van der Waals surface area contributed by atoms with Crippen LogP contribution in [0.15, 0.2) is 0 Å². The third-order valence-electron chi connectivity index (χ3n) is 2.34. The van der Waals surface area contributed by atoms with Crippen molar-refractivity contribution >= 4 is 9.28 Å². The second-order valence-corrected chi connectivity index (χ2v) is 5.85. The van der Waals surface area contributed by atoms with Crippen LogP contribution in [-0.4, -0.2) is 22.5 Å². The van der Waals surface area contributed by atoms with Crippen LogP contribution in [0.1, 0.15) is 41.0 Å². The summed E-state index contributed by atoms with van der Waals surface area (Å²) in [5.74, 6) is 0.680. The molecule has 0 aliphatic rings. The Morgan fingerprint density at radius 1 is 1.00 bits per heavy atom. The van der Waals surface area contributed by atoms with Crippen LogP contribution in [-0.2, 0) is 8.85 Å². The predicted molar refractivity (Wildman–Crippen MR) is 59.3 cm³/mol. The normalized spacial score (nSPS) is 14.1. The molecule has 0 aromatic carbocycles. The Morgan fingerprint density at radius 2 is 1.46 bits per heavy atom. The Balaban J connectivity index is 4.11. The first-order chi connectivity index (χ1) is 6.17. The van der Waals surface area contributed by atoms with Crippen molar-refractivity contribution in [1.82, 2.24) is 0 Å². The first kappa shape index (κ1) is 13.1. The van der Waals surface area contributed by atoms with E-state index in [0.29, 0.717) is 11.5 Å². The monoisotopic (exact) mass is 204 g/mol.